The zero-order valence-electron chi connectivity index (χ0n) is 14.1. The molecule has 0 saturated heterocycles. The summed E-state index contributed by atoms with van der Waals surface area (Å²) in [6.07, 6.45) is 1.15. The van der Waals surface area contributed by atoms with Crippen molar-refractivity contribution in [2.75, 3.05) is 0 Å². The van der Waals surface area contributed by atoms with Crippen molar-refractivity contribution in [2.45, 2.75) is 20.0 Å². The van der Waals surface area contributed by atoms with E-state index in [1.54, 1.807) is 47.5 Å². The molecule has 0 aliphatic carbocycles. The molecular weight excluding hydrogens is 316 g/mol. The summed E-state index contributed by atoms with van der Waals surface area (Å²) in [4.78, 5) is 27.0. The van der Waals surface area contributed by atoms with E-state index in [0.717, 1.165) is 0 Å². The first-order valence-corrected chi connectivity index (χ1v) is 8.17. The molecular formula is C20H20N2O3. The second-order valence-corrected chi connectivity index (χ2v) is 6.33. The second kappa shape index (κ2) is 6.81. The van der Waals surface area contributed by atoms with E-state index in [1.807, 2.05) is 19.9 Å². The maximum absolute atomic E-state index is 12.9. The highest BCUT2D eigenvalue weighted by Crippen LogP contribution is 2.26. The molecule has 0 bridgehead atoms. The van der Waals surface area contributed by atoms with Crippen LogP contribution in [0.4, 0.5) is 0 Å². The van der Waals surface area contributed by atoms with Gasteiger partial charge >= 0.3 is 0 Å². The standard InChI is InChI=1S/C20H20N2O3/c1-13(2)18-21-19(24)17(15-9-6-10-16(23)11-15)12-22(18)20(25)14-7-4-3-5-8-14/h3-13,18,23H,1-2H3,(H,21,24)/t18-/m0/s1. The molecule has 128 valence electrons. The van der Waals surface area contributed by atoms with Crippen molar-refractivity contribution < 1.29 is 14.7 Å². The Kier molecular flexibility index (Phi) is 4.57. The van der Waals surface area contributed by atoms with E-state index in [4.69, 9.17) is 0 Å². The topological polar surface area (TPSA) is 69.6 Å². The molecule has 1 aliphatic heterocycles. The molecule has 1 atom stereocenters. The van der Waals surface area contributed by atoms with Crippen molar-refractivity contribution in [2.24, 2.45) is 5.92 Å². The normalized spacial score (nSPS) is 17.2. The Balaban J connectivity index is 2.05. The van der Waals surface area contributed by atoms with Crippen LogP contribution < -0.4 is 5.32 Å². The quantitative estimate of drug-likeness (QED) is 0.905. The lowest BCUT2D eigenvalue weighted by Gasteiger charge is -2.36. The van der Waals surface area contributed by atoms with E-state index in [2.05, 4.69) is 5.32 Å². The SMILES string of the molecule is CC(C)[C@H]1NC(=O)C(c2cccc(O)c2)=CN1C(=O)c1ccccc1. The van der Waals surface area contributed by atoms with Crippen LogP contribution in [0.5, 0.6) is 5.75 Å². The molecule has 0 saturated carbocycles. The first-order chi connectivity index (χ1) is 12.0. The average molecular weight is 336 g/mol. The van der Waals surface area contributed by atoms with Crippen molar-refractivity contribution in [3.05, 3.63) is 71.9 Å². The van der Waals surface area contributed by atoms with Gasteiger partial charge in [-0.2, -0.15) is 0 Å². The number of hydrogen-bond acceptors (Lipinski definition) is 3. The van der Waals surface area contributed by atoms with E-state index in [0.29, 0.717) is 16.7 Å². The predicted molar refractivity (Wildman–Crippen MR) is 95.5 cm³/mol. The van der Waals surface area contributed by atoms with Gasteiger partial charge in [0.1, 0.15) is 11.9 Å². The van der Waals surface area contributed by atoms with E-state index in [1.165, 1.54) is 12.1 Å². The van der Waals surface area contributed by atoms with Crippen LogP contribution in [0.1, 0.15) is 29.8 Å². The van der Waals surface area contributed by atoms with Gasteiger partial charge in [0.05, 0.1) is 5.57 Å². The molecule has 2 aromatic rings. The monoisotopic (exact) mass is 336 g/mol. The molecule has 0 radical (unpaired) electrons. The smallest absolute Gasteiger partial charge is 0.259 e. The summed E-state index contributed by atoms with van der Waals surface area (Å²) >= 11 is 0. The highest BCUT2D eigenvalue weighted by atomic mass is 16.3. The Bertz CT molecular complexity index is 828. The van der Waals surface area contributed by atoms with Crippen molar-refractivity contribution in [1.29, 1.82) is 0 Å². The molecule has 5 heteroatoms. The molecule has 0 fully saturated rings. The minimum absolute atomic E-state index is 0.0404. The van der Waals surface area contributed by atoms with E-state index in [-0.39, 0.29) is 23.5 Å². The molecule has 0 spiro atoms. The number of phenolic OH excluding ortho intramolecular Hbond substituents is 1. The van der Waals surface area contributed by atoms with Crippen LogP contribution in [0.25, 0.3) is 5.57 Å². The molecule has 0 aromatic heterocycles. The van der Waals surface area contributed by atoms with Crippen LogP contribution >= 0.6 is 0 Å². The molecule has 0 unspecified atom stereocenters. The van der Waals surface area contributed by atoms with Gasteiger partial charge in [-0.15, -0.1) is 0 Å². The van der Waals surface area contributed by atoms with Gasteiger partial charge in [-0.3, -0.25) is 14.5 Å². The van der Waals surface area contributed by atoms with Crippen molar-refractivity contribution >= 4 is 17.4 Å². The number of nitrogens with zero attached hydrogens (tertiary/aromatic N) is 1. The van der Waals surface area contributed by atoms with Gasteiger partial charge in [0.2, 0.25) is 0 Å². The molecule has 2 amide bonds. The fourth-order valence-corrected chi connectivity index (χ4v) is 2.84. The zero-order valence-corrected chi connectivity index (χ0v) is 14.1. The van der Waals surface area contributed by atoms with Gasteiger partial charge in [-0.25, -0.2) is 0 Å². The number of benzene rings is 2. The molecule has 5 nitrogen and oxygen atoms in total. The molecule has 2 N–H and O–H groups in total. The third-order valence-electron chi connectivity index (χ3n) is 4.14. The van der Waals surface area contributed by atoms with E-state index < -0.39 is 6.17 Å². The largest absolute Gasteiger partial charge is 0.508 e. The lowest BCUT2D eigenvalue weighted by molar-refractivity contribution is -0.118. The van der Waals surface area contributed by atoms with Gasteiger partial charge in [0, 0.05) is 11.8 Å². The molecule has 3 rings (SSSR count). The van der Waals surface area contributed by atoms with Crippen LogP contribution in [-0.2, 0) is 4.79 Å². The van der Waals surface area contributed by atoms with Crippen molar-refractivity contribution in [3.8, 4) is 5.75 Å². The van der Waals surface area contributed by atoms with Crippen LogP contribution in [0.3, 0.4) is 0 Å². The average Bonchev–Trinajstić information content (AvgIpc) is 2.61. The number of aromatic hydroxyl groups is 1. The number of carbonyl (C=O) groups excluding carboxylic acids is 2. The lowest BCUT2D eigenvalue weighted by Crippen LogP contribution is -2.54. The Morgan fingerprint density at radius 2 is 1.84 bits per heavy atom. The van der Waals surface area contributed by atoms with Gasteiger partial charge in [-0.1, -0.05) is 44.2 Å². The van der Waals surface area contributed by atoms with Gasteiger partial charge in [0.25, 0.3) is 11.8 Å². The van der Waals surface area contributed by atoms with Crippen LogP contribution in [0.15, 0.2) is 60.8 Å². The summed E-state index contributed by atoms with van der Waals surface area (Å²) in [5.41, 5.74) is 1.46. The molecule has 25 heavy (non-hydrogen) atoms. The highest BCUT2D eigenvalue weighted by molar-refractivity contribution is 6.21. The lowest BCUT2D eigenvalue weighted by atomic mass is 10.00. The number of rotatable bonds is 3. The summed E-state index contributed by atoms with van der Waals surface area (Å²) < 4.78 is 0. The number of hydrogen-bond donors (Lipinski definition) is 2. The third kappa shape index (κ3) is 3.40. The number of carbonyl (C=O) groups is 2. The van der Waals surface area contributed by atoms with Gasteiger partial charge < -0.3 is 10.4 Å². The fourth-order valence-electron chi connectivity index (χ4n) is 2.84. The minimum atomic E-state index is -0.429. The highest BCUT2D eigenvalue weighted by Gasteiger charge is 2.33. The molecule has 2 aromatic carbocycles. The fraction of sp³-hybridized carbons (Fsp3) is 0.200. The van der Waals surface area contributed by atoms with Crippen LogP contribution in [-0.4, -0.2) is 28.0 Å². The van der Waals surface area contributed by atoms with E-state index in [9.17, 15) is 14.7 Å². The molecule has 1 aliphatic rings. The summed E-state index contributed by atoms with van der Waals surface area (Å²) in [7, 11) is 0. The van der Waals surface area contributed by atoms with Gasteiger partial charge in [0.15, 0.2) is 0 Å². The maximum Gasteiger partial charge on any atom is 0.259 e. The summed E-state index contributed by atoms with van der Waals surface area (Å²) in [5, 5.41) is 12.6. The Hall–Kier alpha value is -3.08. The van der Waals surface area contributed by atoms with Crippen LogP contribution in [0.2, 0.25) is 0 Å². The predicted octanol–water partition coefficient (Wildman–Crippen LogP) is 2.99. The maximum atomic E-state index is 12.9. The Labute approximate surface area is 146 Å². The van der Waals surface area contributed by atoms with Crippen molar-refractivity contribution in [1.82, 2.24) is 10.2 Å². The first kappa shape index (κ1) is 16.8. The summed E-state index contributed by atoms with van der Waals surface area (Å²) in [6, 6.07) is 15.4. The van der Waals surface area contributed by atoms with Crippen molar-refractivity contribution in [3.63, 3.8) is 0 Å². The van der Waals surface area contributed by atoms with Gasteiger partial charge in [-0.05, 0) is 35.7 Å². The minimum Gasteiger partial charge on any atom is -0.508 e. The third-order valence-corrected chi connectivity index (χ3v) is 4.14. The number of amides is 2. The second-order valence-electron chi connectivity index (χ2n) is 6.33. The Morgan fingerprint density at radius 3 is 2.48 bits per heavy atom. The Morgan fingerprint density at radius 1 is 1.12 bits per heavy atom. The number of phenols is 1. The molecule has 1 heterocycles. The summed E-state index contributed by atoms with van der Waals surface area (Å²) in [6.45, 7) is 3.90. The number of nitrogens with one attached hydrogen (secondary N) is 1. The first-order valence-electron chi connectivity index (χ1n) is 8.17. The zero-order chi connectivity index (χ0) is 18.0. The summed E-state index contributed by atoms with van der Waals surface area (Å²) in [5.74, 6) is -0.338. The van der Waals surface area contributed by atoms with Crippen LogP contribution in [0, 0.1) is 5.92 Å². The van der Waals surface area contributed by atoms with E-state index >= 15 is 0 Å².